The van der Waals surface area contributed by atoms with Gasteiger partial charge in [0.25, 0.3) is 0 Å². The van der Waals surface area contributed by atoms with Crippen molar-refractivity contribution in [2.75, 3.05) is 6.61 Å². The predicted octanol–water partition coefficient (Wildman–Crippen LogP) is 3.94. The normalized spacial score (nSPS) is 27.7. The van der Waals surface area contributed by atoms with Crippen molar-refractivity contribution in [3.05, 3.63) is 59.4 Å². The van der Waals surface area contributed by atoms with Crippen LogP contribution >= 0.6 is 0 Å². The van der Waals surface area contributed by atoms with E-state index in [0.717, 1.165) is 24.2 Å². The van der Waals surface area contributed by atoms with E-state index in [1.807, 2.05) is 13.0 Å². The zero-order valence-corrected chi connectivity index (χ0v) is 15.6. The molecule has 2 aliphatic rings. The van der Waals surface area contributed by atoms with Crippen LogP contribution in [0, 0.1) is 5.82 Å². The van der Waals surface area contributed by atoms with E-state index in [2.05, 4.69) is 4.90 Å². The van der Waals surface area contributed by atoms with Gasteiger partial charge in [-0.15, -0.1) is 0 Å². The van der Waals surface area contributed by atoms with Crippen LogP contribution in [-0.4, -0.2) is 33.8 Å². The summed E-state index contributed by atoms with van der Waals surface area (Å²) in [5.41, 5.74) is 0.111. The molecule has 2 N–H and O–H groups in total. The van der Waals surface area contributed by atoms with Gasteiger partial charge >= 0.3 is 0 Å². The van der Waals surface area contributed by atoms with Gasteiger partial charge in [0, 0.05) is 29.8 Å². The molecule has 1 unspecified atom stereocenters. The van der Waals surface area contributed by atoms with Gasteiger partial charge < -0.3 is 14.9 Å². The van der Waals surface area contributed by atoms with Crippen molar-refractivity contribution in [2.24, 2.45) is 0 Å². The predicted molar refractivity (Wildman–Crippen MR) is 101 cm³/mol. The third-order valence-electron chi connectivity index (χ3n) is 6.01. The van der Waals surface area contributed by atoms with E-state index in [-0.39, 0.29) is 23.7 Å². The topological polar surface area (TPSA) is 52.9 Å². The molecule has 4 nitrogen and oxygen atoms in total. The molecular formula is C22H26FNO3. The summed E-state index contributed by atoms with van der Waals surface area (Å²) in [5.74, 6) is 0.667. The average molecular weight is 371 g/mol. The number of piperidine rings is 1. The van der Waals surface area contributed by atoms with Gasteiger partial charge in [0.1, 0.15) is 17.3 Å². The lowest BCUT2D eigenvalue weighted by Gasteiger charge is -2.44. The van der Waals surface area contributed by atoms with Crippen LogP contribution in [0.25, 0.3) is 0 Å². The summed E-state index contributed by atoms with van der Waals surface area (Å²) < 4.78 is 19.8. The first-order valence-electron chi connectivity index (χ1n) is 9.68. The molecule has 0 aliphatic carbocycles. The average Bonchev–Trinajstić information content (AvgIpc) is 2.89. The van der Waals surface area contributed by atoms with Crippen molar-refractivity contribution in [1.29, 1.82) is 0 Å². The highest BCUT2D eigenvalue weighted by molar-refractivity contribution is 5.39. The summed E-state index contributed by atoms with van der Waals surface area (Å²) in [4.78, 5) is 2.35. The minimum atomic E-state index is -1.12. The van der Waals surface area contributed by atoms with Crippen molar-refractivity contribution in [2.45, 2.75) is 56.8 Å². The molecule has 0 aromatic heterocycles. The molecule has 2 bridgehead atoms. The smallest absolute Gasteiger partial charge is 0.129 e. The second-order valence-corrected chi connectivity index (χ2v) is 7.70. The number of hydrogen-bond acceptors (Lipinski definition) is 4. The van der Waals surface area contributed by atoms with Crippen LogP contribution in [0.5, 0.6) is 11.5 Å². The Morgan fingerprint density at radius 2 is 1.85 bits per heavy atom. The molecule has 0 amide bonds. The summed E-state index contributed by atoms with van der Waals surface area (Å²) in [6.07, 6.45) is 2.98. The molecule has 4 rings (SSSR count). The maximum Gasteiger partial charge on any atom is 0.129 e. The Hall–Kier alpha value is -2.11. The van der Waals surface area contributed by atoms with E-state index in [1.54, 1.807) is 30.3 Å². The maximum atomic E-state index is 14.3. The number of rotatable bonds is 5. The fourth-order valence-electron chi connectivity index (χ4n) is 4.77. The lowest BCUT2D eigenvalue weighted by Crippen LogP contribution is -2.49. The zero-order chi connectivity index (χ0) is 19.0. The van der Waals surface area contributed by atoms with Crippen LogP contribution in [-0.2, 0) is 12.1 Å². The first kappa shape index (κ1) is 18.3. The van der Waals surface area contributed by atoms with Crippen LogP contribution in [0.1, 0.15) is 43.7 Å². The Bertz CT molecular complexity index is 811. The van der Waals surface area contributed by atoms with E-state index < -0.39 is 5.60 Å². The highest BCUT2D eigenvalue weighted by atomic mass is 19.1. The number of ether oxygens (including phenoxy) is 1. The van der Waals surface area contributed by atoms with E-state index in [9.17, 15) is 14.6 Å². The van der Waals surface area contributed by atoms with Crippen molar-refractivity contribution < 1.29 is 19.3 Å². The number of fused-ring (bicyclic) bond motifs is 2. The third kappa shape index (κ3) is 3.42. The highest BCUT2D eigenvalue weighted by Gasteiger charge is 2.49. The van der Waals surface area contributed by atoms with Gasteiger partial charge in [-0.2, -0.15) is 0 Å². The van der Waals surface area contributed by atoms with Crippen LogP contribution in [0.3, 0.4) is 0 Å². The Labute approximate surface area is 159 Å². The summed E-state index contributed by atoms with van der Waals surface area (Å²) in [6, 6.07) is 12.2. The van der Waals surface area contributed by atoms with E-state index in [4.69, 9.17) is 4.74 Å². The van der Waals surface area contributed by atoms with Gasteiger partial charge in [0.2, 0.25) is 0 Å². The summed E-state index contributed by atoms with van der Waals surface area (Å²) in [7, 11) is 0. The number of nitrogens with zero attached hydrogens (tertiary/aromatic N) is 1. The van der Waals surface area contributed by atoms with Crippen molar-refractivity contribution >= 4 is 0 Å². The number of phenols is 1. The molecule has 5 heteroatoms. The van der Waals surface area contributed by atoms with Crippen LogP contribution in [0.15, 0.2) is 42.5 Å². The SMILES string of the molecule is CCOc1ccc(O)c(CN2[C@@H]3CC[C@H]2CC(O)(c2ccccc2F)C3)c1. The number of halogens is 1. The van der Waals surface area contributed by atoms with E-state index in [0.29, 0.717) is 31.6 Å². The number of phenolic OH excluding ortho intramolecular Hbond substituents is 1. The second kappa shape index (κ2) is 7.13. The van der Waals surface area contributed by atoms with Gasteiger partial charge in [0.15, 0.2) is 0 Å². The first-order chi connectivity index (χ1) is 13.0. The molecule has 0 spiro atoms. The van der Waals surface area contributed by atoms with Gasteiger partial charge in [-0.25, -0.2) is 4.39 Å². The molecule has 2 heterocycles. The maximum absolute atomic E-state index is 14.3. The van der Waals surface area contributed by atoms with Gasteiger partial charge in [-0.1, -0.05) is 18.2 Å². The molecule has 27 heavy (non-hydrogen) atoms. The fourth-order valence-corrected chi connectivity index (χ4v) is 4.77. The Kier molecular flexibility index (Phi) is 4.82. The van der Waals surface area contributed by atoms with Crippen LogP contribution in [0.2, 0.25) is 0 Å². The molecule has 2 aromatic carbocycles. The number of aromatic hydroxyl groups is 1. The molecule has 2 saturated heterocycles. The Morgan fingerprint density at radius 1 is 1.15 bits per heavy atom. The van der Waals surface area contributed by atoms with Crippen molar-refractivity contribution in [1.82, 2.24) is 4.90 Å². The standard InChI is InChI=1S/C22H26FNO3/c1-2-27-18-9-10-21(25)15(11-18)14-24-16-7-8-17(24)13-22(26,12-16)19-5-3-4-6-20(19)23/h3-6,9-11,16-17,25-26H,2,7-8,12-14H2,1H3/t16-,17+,22?. The Morgan fingerprint density at radius 3 is 2.52 bits per heavy atom. The third-order valence-corrected chi connectivity index (χ3v) is 6.01. The monoisotopic (exact) mass is 371 g/mol. The number of aliphatic hydroxyl groups is 1. The summed E-state index contributed by atoms with van der Waals surface area (Å²) in [5, 5.41) is 21.5. The lowest BCUT2D eigenvalue weighted by atomic mass is 9.80. The minimum absolute atomic E-state index is 0.170. The molecule has 0 saturated carbocycles. The lowest BCUT2D eigenvalue weighted by molar-refractivity contribution is -0.0616. The number of benzene rings is 2. The van der Waals surface area contributed by atoms with E-state index >= 15 is 0 Å². The zero-order valence-electron chi connectivity index (χ0n) is 15.6. The van der Waals surface area contributed by atoms with Gasteiger partial charge in [-0.3, -0.25) is 4.90 Å². The molecule has 3 atom stereocenters. The van der Waals surface area contributed by atoms with Gasteiger partial charge in [-0.05, 0) is 56.9 Å². The highest BCUT2D eigenvalue weighted by Crippen LogP contribution is 2.47. The summed E-state index contributed by atoms with van der Waals surface area (Å²) >= 11 is 0. The van der Waals surface area contributed by atoms with Crippen molar-refractivity contribution in [3.8, 4) is 11.5 Å². The van der Waals surface area contributed by atoms with Crippen LogP contribution in [0.4, 0.5) is 4.39 Å². The summed E-state index contributed by atoms with van der Waals surface area (Å²) in [6.45, 7) is 3.12. The largest absolute Gasteiger partial charge is 0.508 e. The Balaban J connectivity index is 1.55. The van der Waals surface area contributed by atoms with Crippen molar-refractivity contribution in [3.63, 3.8) is 0 Å². The molecule has 144 valence electrons. The number of hydrogen-bond donors (Lipinski definition) is 2. The van der Waals surface area contributed by atoms with E-state index in [1.165, 1.54) is 6.07 Å². The molecule has 2 aromatic rings. The molecular weight excluding hydrogens is 345 g/mol. The molecule has 2 fully saturated rings. The molecule has 0 radical (unpaired) electrons. The van der Waals surface area contributed by atoms with Crippen LogP contribution < -0.4 is 4.74 Å². The minimum Gasteiger partial charge on any atom is -0.508 e. The quantitative estimate of drug-likeness (QED) is 0.836. The second-order valence-electron chi connectivity index (χ2n) is 7.70. The fraction of sp³-hybridized carbons (Fsp3) is 0.455. The molecule has 2 aliphatic heterocycles. The van der Waals surface area contributed by atoms with Gasteiger partial charge in [0.05, 0.1) is 12.2 Å². The first-order valence-corrected chi connectivity index (χ1v) is 9.68.